The second-order valence-corrected chi connectivity index (χ2v) is 8.73. The Hall–Kier alpha value is -3.01. The van der Waals surface area contributed by atoms with E-state index in [0.29, 0.717) is 5.69 Å². The maximum absolute atomic E-state index is 12.5. The molecule has 1 aromatic heterocycles. The fourth-order valence-corrected chi connectivity index (χ4v) is 3.60. The number of nitrogens with one attached hydrogen (secondary N) is 3. The monoisotopic (exact) mass is 419 g/mol. The first-order valence-electron chi connectivity index (χ1n) is 9.07. The molecule has 0 aliphatic heterocycles. The third-order valence-electron chi connectivity index (χ3n) is 4.06. The maximum Gasteiger partial charge on any atom is 0.333 e. The van der Waals surface area contributed by atoms with Crippen molar-refractivity contribution >= 4 is 33.5 Å². The summed E-state index contributed by atoms with van der Waals surface area (Å²) in [6, 6.07) is 5.86. The van der Waals surface area contributed by atoms with Gasteiger partial charge in [0.15, 0.2) is 5.03 Å². The van der Waals surface area contributed by atoms with Crippen molar-refractivity contribution < 1.29 is 18.0 Å². The number of amides is 3. The van der Waals surface area contributed by atoms with Crippen LogP contribution in [0, 0.1) is 0 Å². The smallest absolute Gasteiger partial charge is 0.311 e. The van der Waals surface area contributed by atoms with E-state index >= 15 is 0 Å². The summed E-state index contributed by atoms with van der Waals surface area (Å²) in [5.74, 6) is -0.143. The number of anilines is 2. The third kappa shape index (κ3) is 5.74. The van der Waals surface area contributed by atoms with Gasteiger partial charge in [0.1, 0.15) is 12.1 Å². The minimum Gasteiger partial charge on any atom is -0.311 e. The van der Waals surface area contributed by atoms with Gasteiger partial charge in [-0.25, -0.2) is 19.5 Å². The summed E-state index contributed by atoms with van der Waals surface area (Å²) in [5.41, 5.74) is 2.39. The first-order chi connectivity index (χ1) is 13.5. The van der Waals surface area contributed by atoms with Crippen LogP contribution in [0.25, 0.3) is 0 Å². The van der Waals surface area contributed by atoms with Gasteiger partial charge in [-0.05, 0) is 23.0 Å². The van der Waals surface area contributed by atoms with Gasteiger partial charge in [0.05, 0.1) is 0 Å². The highest BCUT2D eigenvalue weighted by Crippen LogP contribution is 2.32. The van der Waals surface area contributed by atoms with Crippen LogP contribution in [-0.2, 0) is 14.8 Å². The van der Waals surface area contributed by atoms with E-state index in [-0.39, 0.29) is 17.7 Å². The molecule has 0 radical (unpaired) electrons. The number of carbonyl (C=O) groups is 2. The first-order valence-corrected chi connectivity index (χ1v) is 10.6. The number of carbonyl (C=O) groups excluding carboxylic acids is 2. The van der Waals surface area contributed by atoms with Crippen LogP contribution in [-0.4, -0.2) is 30.3 Å². The molecule has 2 aromatic rings. The van der Waals surface area contributed by atoms with Crippen molar-refractivity contribution in [2.45, 2.75) is 51.5 Å². The molecule has 0 spiro atoms. The van der Waals surface area contributed by atoms with Gasteiger partial charge in [0.2, 0.25) is 5.91 Å². The van der Waals surface area contributed by atoms with Crippen LogP contribution < -0.4 is 15.4 Å². The highest BCUT2D eigenvalue weighted by atomic mass is 32.2. The average Bonchev–Trinajstić information content (AvgIpc) is 2.60. The molecule has 29 heavy (non-hydrogen) atoms. The highest BCUT2D eigenvalue weighted by Gasteiger charge is 2.22. The van der Waals surface area contributed by atoms with Crippen molar-refractivity contribution in [2.24, 2.45) is 0 Å². The van der Waals surface area contributed by atoms with Crippen molar-refractivity contribution in [3.63, 3.8) is 0 Å². The van der Waals surface area contributed by atoms with E-state index in [1.54, 1.807) is 0 Å². The first kappa shape index (κ1) is 22.3. The predicted molar refractivity (Wildman–Crippen MR) is 110 cm³/mol. The quantitative estimate of drug-likeness (QED) is 0.617. The van der Waals surface area contributed by atoms with Crippen LogP contribution in [0.1, 0.15) is 57.6 Å². The Bertz CT molecular complexity index is 993. The number of sulfonamides is 1. The summed E-state index contributed by atoms with van der Waals surface area (Å²) in [6.45, 7) is 9.22. The molecule has 3 amide bonds. The number of rotatable bonds is 6. The van der Waals surface area contributed by atoms with Crippen molar-refractivity contribution in [1.29, 1.82) is 0 Å². The van der Waals surface area contributed by atoms with E-state index in [1.807, 2.05) is 50.6 Å². The zero-order valence-corrected chi connectivity index (χ0v) is 17.8. The van der Waals surface area contributed by atoms with Gasteiger partial charge in [0, 0.05) is 18.7 Å². The Morgan fingerprint density at radius 3 is 2.07 bits per heavy atom. The standard InChI is InChI=1S/C19H25N5O4S/c1-11(2)14-7-6-8-15(12(3)4)18(14)23-19(26)24-29(27,28)17-9-16(20-10-21-17)22-13(5)25/h6-12H,1-5H3,(H2,23,24,26)(H,20,21,22,25). The molecular formula is C19H25N5O4S. The minimum absolute atomic E-state index is 0.0144. The van der Waals surface area contributed by atoms with Crippen LogP contribution in [0.2, 0.25) is 0 Å². The van der Waals surface area contributed by atoms with E-state index in [1.165, 1.54) is 6.92 Å². The fraction of sp³-hybridized carbons (Fsp3) is 0.368. The molecular weight excluding hydrogens is 394 g/mol. The topological polar surface area (TPSA) is 130 Å². The zero-order chi connectivity index (χ0) is 21.8. The van der Waals surface area contributed by atoms with Crippen molar-refractivity contribution in [3.05, 3.63) is 41.7 Å². The summed E-state index contributed by atoms with van der Waals surface area (Å²) in [7, 11) is -4.27. The van der Waals surface area contributed by atoms with E-state index in [9.17, 15) is 18.0 Å². The summed E-state index contributed by atoms with van der Waals surface area (Å²) in [5, 5.41) is 4.60. The normalized spacial score (nSPS) is 11.4. The lowest BCUT2D eigenvalue weighted by Crippen LogP contribution is -2.35. The molecule has 0 aliphatic carbocycles. The molecule has 0 saturated carbocycles. The lowest BCUT2D eigenvalue weighted by atomic mass is 9.93. The molecule has 2 rings (SSSR count). The van der Waals surface area contributed by atoms with Crippen LogP contribution in [0.15, 0.2) is 35.6 Å². The van der Waals surface area contributed by atoms with Crippen molar-refractivity contribution in [1.82, 2.24) is 14.7 Å². The fourth-order valence-electron chi connectivity index (χ4n) is 2.74. The van der Waals surface area contributed by atoms with E-state index < -0.39 is 27.0 Å². The number of aromatic nitrogens is 2. The molecule has 1 aromatic carbocycles. The Morgan fingerprint density at radius 2 is 1.55 bits per heavy atom. The van der Waals surface area contributed by atoms with Crippen molar-refractivity contribution in [3.8, 4) is 0 Å². The predicted octanol–water partition coefficient (Wildman–Crippen LogP) is 3.19. The minimum atomic E-state index is -4.27. The molecule has 9 nitrogen and oxygen atoms in total. The molecule has 0 aliphatic rings. The molecule has 156 valence electrons. The van der Waals surface area contributed by atoms with Gasteiger partial charge in [-0.2, -0.15) is 8.42 Å². The van der Waals surface area contributed by atoms with Gasteiger partial charge in [-0.3, -0.25) is 4.79 Å². The lowest BCUT2D eigenvalue weighted by molar-refractivity contribution is -0.114. The summed E-state index contributed by atoms with van der Waals surface area (Å²) < 4.78 is 27.0. The van der Waals surface area contributed by atoms with Crippen LogP contribution >= 0.6 is 0 Å². The number of urea groups is 1. The van der Waals surface area contributed by atoms with Gasteiger partial charge in [0.25, 0.3) is 10.0 Å². The Labute approximate surface area is 170 Å². The van der Waals surface area contributed by atoms with E-state index in [4.69, 9.17) is 0 Å². The van der Waals surface area contributed by atoms with Crippen molar-refractivity contribution in [2.75, 3.05) is 10.6 Å². The molecule has 3 N–H and O–H groups in total. The molecule has 0 fully saturated rings. The number of nitrogens with zero attached hydrogens (tertiary/aromatic N) is 2. The molecule has 0 atom stereocenters. The maximum atomic E-state index is 12.5. The number of hydrogen-bond donors (Lipinski definition) is 3. The average molecular weight is 420 g/mol. The highest BCUT2D eigenvalue weighted by molar-refractivity contribution is 7.90. The number of para-hydroxylation sites is 1. The summed E-state index contributed by atoms with van der Waals surface area (Å²) in [6.07, 6.45) is 0.989. The molecule has 1 heterocycles. The van der Waals surface area contributed by atoms with E-state index in [0.717, 1.165) is 23.5 Å². The van der Waals surface area contributed by atoms with Gasteiger partial charge in [-0.1, -0.05) is 45.9 Å². The molecule has 10 heteroatoms. The summed E-state index contributed by atoms with van der Waals surface area (Å²) >= 11 is 0. The van der Waals surface area contributed by atoms with Crippen LogP contribution in [0.3, 0.4) is 0 Å². The molecule has 0 unspecified atom stereocenters. The SMILES string of the molecule is CC(=O)Nc1cc(S(=O)(=O)NC(=O)Nc2c(C(C)C)cccc2C(C)C)ncn1. The van der Waals surface area contributed by atoms with E-state index in [2.05, 4.69) is 20.6 Å². The van der Waals surface area contributed by atoms with Gasteiger partial charge in [-0.15, -0.1) is 0 Å². The number of hydrogen-bond acceptors (Lipinski definition) is 6. The zero-order valence-electron chi connectivity index (χ0n) is 17.0. The molecule has 0 saturated heterocycles. The lowest BCUT2D eigenvalue weighted by Gasteiger charge is -2.20. The number of benzene rings is 1. The Morgan fingerprint density at radius 1 is 0.966 bits per heavy atom. The van der Waals surface area contributed by atoms with Crippen LogP contribution in [0.5, 0.6) is 0 Å². The third-order valence-corrected chi connectivity index (χ3v) is 5.29. The summed E-state index contributed by atoms with van der Waals surface area (Å²) in [4.78, 5) is 31.1. The van der Waals surface area contributed by atoms with Gasteiger partial charge >= 0.3 is 6.03 Å². The largest absolute Gasteiger partial charge is 0.333 e. The second kappa shape index (κ2) is 8.99. The van der Waals surface area contributed by atoms with Gasteiger partial charge < -0.3 is 10.6 Å². The molecule has 0 bridgehead atoms. The van der Waals surface area contributed by atoms with Crippen LogP contribution in [0.4, 0.5) is 16.3 Å². The Kier molecular flexibility index (Phi) is 6.91. The second-order valence-electron chi connectivity index (χ2n) is 7.10. The Balaban J connectivity index is 2.28.